The molecule has 256 valence electrons. The van der Waals surface area contributed by atoms with E-state index < -0.39 is 22.0 Å². The Morgan fingerprint density at radius 1 is 0.958 bits per heavy atom. The largest absolute Gasteiger partial charge is 0.491 e. The van der Waals surface area contributed by atoms with Crippen molar-refractivity contribution in [1.82, 2.24) is 19.8 Å². The summed E-state index contributed by atoms with van der Waals surface area (Å²) in [6.07, 6.45) is -3.33. The van der Waals surface area contributed by atoms with Crippen LogP contribution in [0.15, 0.2) is 49.1 Å². The molecule has 12 nitrogen and oxygen atoms in total. The fraction of sp³-hybridized carbons (Fsp3) is 0.438. The SMILES string of the molecule is C=CC(=O)N1CCN(c2nc(OCCN3CCS(=O)(=O)CC3)nc3c2CCN(c2cc(OC(=O)C(F)(F)F)cc4ccccc24)C3)CC1. The number of rotatable bonds is 8. The average Bonchev–Trinajstić information content (AvgIpc) is 3.07. The molecule has 0 saturated carbocycles. The van der Waals surface area contributed by atoms with E-state index in [1.165, 1.54) is 18.2 Å². The number of hydrogen-bond donors (Lipinski definition) is 0. The van der Waals surface area contributed by atoms with Crippen LogP contribution in [0.5, 0.6) is 11.8 Å². The van der Waals surface area contributed by atoms with Gasteiger partial charge in [0.2, 0.25) is 5.91 Å². The highest BCUT2D eigenvalue weighted by Crippen LogP contribution is 2.37. The molecular formula is C32H35F3N6O6S. The van der Waals surface area contributed by atoms with Crippen LogP contribution in [-0.2, 0) is 32.4 Å². The Kier molecular flexibility index (Phi) is 9.47. The van der Waals surface area contributed by atoms with Gasteiger partial charge in [-0.3, -0.25) is 9.69 Å². The zero-order chi connectivity index (χ0) is 34.1. The number of carbonyl (C=O) groups is 2. The summed E-state index contributed by atoms with van der Waals surface area (Å²) in [4.78, 5) is 41.2. The Hall–Kier alpha value is -4.44. The number of esters is 1. The third-order valence-corrected chi connectivity index (χ3v) is 10.4. The maximum atomic E-state index is 13.0. The molecule has 48 heavy (non-hydrogen) atoms. The van der Waals surface area contributed by atoms with Gasteiger partial charge in [0.1, 0.15) is 18.2 Å². The molecule has 3 aliphatic rings. The Labute approximate surface area is 275 Å². The normalized spacial score (nSPS) is 18.4. The van der Waals surface area contributed by atoms with Crippen LogP contribution >= 0.6 is 0 Å². The number of sulfone groups is 1. The third kappa shape index (κ3) is 7.49. The molecule has 2 saturated heterocycles. The molecule has 0 unspecified atom stereocenters. The number of aromatic nitrogens is 2. The van der Waals surface area contributed by atoms with Crippen molar-refractivity contribution in [1.29, 1.82) is 0 Å². The lowest BCUT2D eigenvalue weighted by Crippen LogP contribution is -2.49. The second-order valence-corrected chi connectivity index (χ2v) is 14.1. The van der Waals surface area contributed by atoms with Gasteiger partial charge < -0.3 is 24.2 Å². The molecule has 1 aromatic heterocycles. The minimum Gasteiger partial charge on any atom is -0.462 e. The molecule has 3 aliphatic heterocycles. The molecule has 3 aromatic rings. The van der Waals surface area contributed by atoms with Crippen molar-refractivity contribution in [3.63, 3.8) is 0 Å². The number of anilines is 2. The van der Waals surface area contributed by atoms with Crippen LogP contribution in [-0.4, -0.2) is 117 Å². The van der Waals surface area contributed by atoms with Crippen LogP contribution in [0.2, 0.25) is 0 Å². The predicted molar refractivity (Wildman–Crippen MR) is 172 cm³/mol. The zero-order valence-electron chi connectivity index (χ0n) is 26.1. The molecule has 4 heterocycles. The topological polar surface area (TPSA) is 125 Å². The maximum absolute atomic E-state index is 13.0. The van der Waals surface area contributed by atoms with Crippen molar-refractivity contribution in [2.24, 2.45) is 0 Å². The van der Waals surface area contributed by atoms with Gasteiger partial charge >= 0.3 is 18.2 Å². The van der Waals surface area contributed by atoms with E-state index in [-0.39, 0.29) is 42.3 Å². The molecule has 0 N–H and O–H groups in total. The number of benzene rings is 2. The summed E-state index contributed by atoms with van der Waals surface area (Å²) in [7, 11) is -3.01. The Morgan fingerprint density at radius 2 is 1.69 bits per heavy atom. The zero-order valence-corrected chi connectivity index (χ0v) is 26.9. The molecule has 2 fully saturated rings. The van der Waals surface area contributed by atoms with Crippen molar-refractivity contribution >= 4 is 44.0 Å². The smallest absolute Gasteiger partial charge is 0.462 e. The summed E-state index contributed by atoms with van der Waals surface area (Å²) >= 11 is 0. The number of fused-ring (bicyclic) bond motifs is 2. The first-order chi connectivity index (χ1) is 22.9. The predicted octanol–water partition coefficient (Wildman–Crippen LogP) is 2.60. The summed E-state index contributed by atoms with van der Waals surface area (Å²) in [5.74, 6) is -1.75. The molecule has 16 heteroatoms. The number of nitrogens with zero attached hydrogens (tertiary/aromatic N) is 6. The first kappa shape index (κ1) is 33.5. The number of alkyl halides is 3. The van der Waals surface area contributed by atoms with Gasteiger partial charge in [-0.1, -0.05) is 30.8 Å². The molecule has 1 amide bonds. The Bertz CT molecular complexity index is 1820. The van der Waals surface area contributed by atoms with Crippen LogP contribution in [0.1, 0.15) is 11.3 Å². The molecule has 0 bridgehead atoms. The van der Waals surface area contributed by atoms with E-state index in [2.05, 4.69) is 11.5 Å². The van der Waals surface area contributed by atoms with Gasteiger partial charge in [0.15, 0.2) is 9.84 Å². The highest BCUT2D eigenvalue weighted by molar-refractivity contribution is 7.91. The van der Waals surface area contributed by atoms with Crippen LogP contribution < -0.4 is 19.3 Å². The van der Waals surface area contributed by atoms with E-state index >= 15 is 0 Å². The van der Waals surface area contributed by atoms with Gasteiger partial charge in [-0.2, -0.15) is 23.1 Å². The first-order valence-electron chi connectivity index (χ1n) is 15.6. The fourth-order valence-electron chi connectivity index (χ4n) is 6.18. The molecule has 0 spiro atoms. The second kappa shape index (κ2) is 13.6. The lowest BCUT2D eigenvalue weighted by Gasteiger charge is -2.38. The van der Waals surface area contributed by atoms with Crippen molar-refractivity contribution < 1.29 is 40.7 Å². The van der Waals surface area contributed by atoms with Gasteiger partial charge in [0.05, 0.1) is 23.7 Å². The van der Waals surface area contributed by atoms with E-state index in [9.17, 15) is 31.2 Å². The van der Waals surface area contributed by atoms with Crippen molar-refractivity contribution in [2.45, 2.75) is 19.1 Å². The standard InChI is InChI=1S/C32H35F3N6O6S/c1-2-28(42)39-9-11-40(12-10-39)29-25-7-8-41(21-26(25)36-31(37-29)46-16-13-38-14-17-48(44,45)18-15-38)27-20-23(47-30(43)32(33,34)35)19-22-5-3-4-6-24(22)27/h2-6,19-20H,1,7-18,21H2. The van der Waals surface area contributed by atoms with Gasteiger partial charge in [-0.05, 0) is 23.9 Å². The molecule has 6 rings (SSSR count). The van der Waals surface area contributed by atoms with Gasteiger partial charge in [-0.25, -0.2) is 13.2 Å². The monoisotopic (exact) mass is 688 g/mol. The lowest BCUT2D eigenvalue weighted by atomic mass is 10.0. The van der Waals surface area contributed by atoms with Gasteiger partial charge in [-0.15, -0.1) is 0 Å². The van der Waals surface area contributed by atoms with Crippen molar-refractivity contribution in [2.75, 3.05) is 80.3 Å². The van der Waals surface area contributed by atoms with E-state index in [4.69, 9.17) is 19.4 Å². The number of carbonyl (C=O) groups excluding carboxylic acids is 2. The number of halogens is 3. The average molecular weight is 689 g/mol. The minimum atomic E-state index is -5.14. The summed E-state index contributed by atoms with van der Waals surface area (Å²) in [5, 5.41) is 1.38. The summed E-state index contributed by atoms with van der Waals surface area (Å²) in [6.45, 7) is 7.96. The van der Waals surface area contributed by atoms with Crippen LogP contribution in [0.25, 0.3) is 10.8 Å². The quantitative estimate of drug-likeness (QED) is 0.197. The fourth-order valence-corrected chi connectivity index (χ4v) is 7.45. The summed E-state index contributed by atoms with van der Waals surface area (Å²) < 4.78 is 73.5. The molecule has 0 aliphatic carbocycles. The van der Waals surface area contributed by atoms with Crippen molar-refractivity contribution in [3.8, 4) is 11.8 Å². The Morgan fingerprint density at radius 3 is 2.40 bits per heavy atom. The van der Waals surface area contributed by atoms with E-state index in [1.807, 2.05) is 21.9 Å². The lowest BCUT2D eigenvalue weighted by molar-refractivity contribution is -0.189. The molecular weight excluding hydrogens is 653 g/mol. The molecule has 0 atom stereocenters. The van der Waals surface area contributed by atoms with Crippen molar-refractivity contribution in [3.05, 3.63) is 60.3 Å². The highest BCUT2D eigenvalue weighted by atomic mass is 32.2. The number of hydrogen-bond acceptors (Lipinski definition) is 11. The van der Waals surface area contributed by atoms with Crippen LogP contribution in [0.3, 0.4) is 0 Å². The van der Waals surface area contributed by atoms with Gasteiger partial charge in [0.25, 0.3) is 0 Å². The Balaban J connectivity index is 1.28. The molecule has 0 radical (unpaired) electrons. The van der Waals surface area contributed by atoms with E-state index in [0.717, 1.165) is 10.9 Å². The maximum Gasteiger partial charge on any atom is 0.491 e. The molecule has 2 aromatic carbocycles. The summed E-state index contributed by atoms with van der Waals surface area (Å²) in [5.41, 5.74) is 2.17. The third-order valence-electron chi connectivity index (χ3n) is 8.76. The van der Waals surface area contributed by atoms with E-state index in [1.54, 1.807) is 17.0 Å². The number of piperazine rings is 1. The minimum absolute atomic E-state index is 0.105. The first-order valence-corrected chi connectivity index (χ1v) is 17.4. The second-order valence-electron chi connectivity index (χ2n) is 11.8. The van der Waals surface area contributed by atoms with Crippen LogP contribution in [0, 0.1) is 0 Å². The highest BCUT2D eigenvalue weighted by Gasteiger charge is 2.41. The number of amides is 1. The van der Waals surface area contributed by atoms with Crippen LogP contribution in [0.4, 0.5) is 24.7 Å². The number of ether oxygens (including phenoxy) is 2. The summed E-state index contributed by atoms with van der Waals surface area (Å²) in [6, 6.07) is 10.2. The van der Waals surface area contributed by atoms with Gasteiger partial charge in [0, 0.05) is 75.1 Å². The van der Waals surface area contributed by atoms with E-state index in [0.29, 0.717) is 81.4 Å².